The molecule has 2 amide bonds. The number of phenolic OH excluding ortho intramolecular Hbond substituents is 1. The average Bonchev–Trinajstić information content (AvgIpc) is 2.97. The van der Waals surface area contributed by atoms with E-state index in [0.717, 1.165) is 3.57 Å². The van der Waals surface area contributed by atoms with Crippen LogP contribution in [0.3, 0.4) is 0 Å². The number of benzene rings is 4. The maximum absolute atomic E-state index is 13.1. The molecular formula is C31H25IN4O5. The summed E-state index contributed by atoms with van der Waals surface area (Å²) < 4.78 is 12.8. The van der Waals surface area contributed by atoms with Crippen molar-refractivity contribution in [1.29, 1.82) is 5.26 Å². The number of halogens is 1. The summed E-state index contributed by atoms with van der Waals surface area (Å²) in [6.45, 7) is 0. The van der Waals surface area contributed by atoms with Crippen molar-refractivity contribution in [3.63, 3.8) is 0 Å². The molecule has 206 valence electrons. The zero-order valence-electron chi connectivity index (χ0n) is 21.5. The van der Waals surface area contributed by atoms with Crippen LogP contribution in [-0.4, -0.2) is 23.2 Å². The highest BCUT2D eigenvalue weighted by Gasteiger charge is 2.30. The van der Waals surface area contributed by atoms with E-state index in [1.165, 1.54) is 18.2 Å². The average molecular weight is 660 g/mol. The van der Waals surface area contributed by atoms with Gasteiger partial charge in [-0.1, -0.05) is 30.3 Å². The number of hydrogen-bond acceptors (Lipinski definition) is 7. The summed E-state index contributed by atoms with van der Waals surface area (Å²) in [6, 6.07) is 28.7. The second kappa shape index (κ2) is 13.9. The molecule has 41 heavy (non-hydrogen) atoms. The third kappa shape index (κ3) is 8.23. The minimum absolute atomic E-state index is 0.127. The second-order valence-corrected chi connectivity index (χ2v) is 9.92. The Morgan fingerprint density at radius 2 is 1.66 bits per heavy atom. The lowest BCUT2D eigenvalue weighted by atomic mass is 10.0. The van der Waals surface area contributed by atoms with Crippen molar-refractivity contribution in [3.8, 4) is 17.6 Å². The number of hydrogen-bond donors (Lipinski definition) is 4. The number of nitriles is 1. The largest absolute Gasteiger partial charge is 0.508 e. The van der Waals surface area contributed by atoms with Crippen LogP contribution in [0.4, 0.5) is 21.9 Å². The highest BCUT2D eigenvalue weighted by atomic mass is 127. The predicted molar refractivity (Wildman–Crippen MR) is 164 cm³/mol. The van der Waals surface area contributed by atoms with Crippen LogP contribution in [0.2, 0.25) is 0 Å². The standard InChI is InChI=1S/C31H25IN4O5/c32-21-12-15-27(37)24(18-21)30(41-31(39)35-22-13-10-20(19-33)11-14-22)28(40-23-6-2-1-3-7-23)16-17-29(38)36-26-9-5-4-8-25(26)34/h1-18,28,30,37H,34H2,(H,35,39)(H,36,38)/b17-16+/t28-,30-/m0/s1. The summed E-state index contributed by atoms with van der Waals surface area (Å²) in [5, 5.41) is 25.1. The lowest BCUT2D eigenvalue weighted by molar-refractivity contribution is -0.112. The smallest absolute Gasteiger partial charge is 0.412 e. The molecule has 0 heterocycles. The third-order valence-electron chi connectivity index (χ3n) is 5.76. The number of phenols is 1. The van der Waals surface area contributed by atoms with Crippen LogP contribution < -0.4 is 21.1 Å². The lowest BCUT2D eigenvalue weighted by Gasteiger charge is -2.27. The molecule has 2 atom stereocenters. The molecule has 4 aromatic rings. The SMILES string of the molecule is N#Cc1ccc(NC(=O)O[C@@H](c2cc(I)ccc2O)[C@H](/C=C/C(=O)Nc2ccccc2N)Oc2ccccc2)cc1. The quantitative estimate of drug-likeness (QED) is 0.0926. The first kappa shape index (κ1) is 29.0. The topological polar surface area (TPSA) is 147 Å². The molecule has 5 N–H and O–H groups in total. The monoisotopic (exact) mass is 660 g/mol. The van der Waals surface area contributed by atoms with E-state index >= 15 is 0 Å². The van der Waals surface area contributed by atoms with E-state index in [1.54, 1.807) is 84.9 Å². The number of nitrogens with one attached hydrogen (secondary N) is 2. The molecule has 10 heteroatoms. The van der Waals surface area contributed by atoms with Crippen LogP contribution in [-0.2, 0) is 9.53 Å². The van der Waals surface area contributed by atoms with Gasteiger partial charge in [0.15, 0.2) is 12.2 Å². The fourth-order valence-electron chi connectivity index (χ4n) is 3.78. The van der Waals surface area contributed by atoms with E-state index in [9.17, 15) is 14.7 Å². The van der Waals surface area contributed by atoms with Gasteiger partial charge in [-0.2, -0.15) is 5.26 Å². The number of para-hydroxylation sites is 3. The van der Waals surface area contributed by atoms with E-state index in [0.29, 0.717) is 28.4 Å². The summed E-state index contributed by atoms with van der Waals surface area (Å²) in [5.41, 5.74) is 7.88. The van der Waals surface area contributed by atoms with Crippen LogP contribution in [0, 0.1) is 14.9 Å². The molecule has 9 nitrogen and oxygen atoms in total. The Morgan fingerprint density at radius 1 is 0.951 bits per heavy atom. The molecule has 0 radical (unpaired) electrons. The van der Waals surface area contributed by atoms with E-state index in [2.05, 4.69) is 33.2 Å². The highest BCUT2D eigenvalue weighted by molar-refractivity contribution is 14.1. The van der Waals surface area contributed by atoms with Gasteiger partial charge in [-0.15, -0.1) is 0 Å². The molecule has 0 aliphatic rings. The normalized spacial score (nSPS) is 12.1. The van der Waals surface area contributed by atoms with Crippen molar-refractivity contribution >= 4 is 51.7 Å². The Kier molecular flexibility index (Phi) is 9.80. The molecule has 0 spiro atoms. The van der Waals surface area contributed by atoms with Gasteiger partial charge in [-0.05, 0) is 95.4 Å². The molecule has 4 rings (SSSR count). The second-order valence-electron chi connectivity index (χ2n) is 8.67. The number of amides is 2. The van der Waals surface area contributed by atoms with Gasteiger partial charge in [-0.25, -0.2) is 4.79 Å². The first-order chi connectivity index (χ1) is 19.8. The summed E-state index contributed by atoms with van der Waals surface area (Å²) in [6.07, 6.45) is -0.379. The van der Waals surface area contributed by atoms with Crippen LogP contribution in [0.15, 0.2) is 109 Å². The Bertz CT molecular complexity index is 1590. The molecule has 0 aromatic heterocycles. The number of aromatic hydroxyl groups is 1. The molecular weight excluding hydrogens is 635 g/mol. The van der Waals surface area contributed by atoms with Gasteiger partial charge in [0.05, 0.1) is 23.0 Å². The maximum atomic E-state index is 13.1. The minimum atomic E-state index is -1.19. The van der Waals surface area contributed by atoms with E-state index in [4.69, 9.17) is 20.5 Å². The van der Waals surface area contributed by atoms with Crippen molar-refractivity contribution in [2.75, 3.05) is 16.4 Å². The van der Waals surface area contributed by atoms with Gasteiger partial charge < -0.3 is 25.6 Å². The van der Waals surface area contributed by atoms with Crippen LogP contribution in [0.25, 0.3) is 0 Å². The van der Waals surface area contributed by atoms with Crippen molar-refractivity contribution < 1.29 is 24.2 Å². The maximum Gasteiger partial charge on any atom is 0.412 e. The number of anilines is 3. The van der Waals surface area contributed by atoms with E-state index in [-0.39, 0.29) is 11.3 Å². The number of rotatable bonds is 9. The predicted octanol–water partition coefficient (Wildman–Crippen LogP) is 6.38. The van der Waals surface area contributed by atoms with Crippen LogP contribution >= 0.6 is 22.6 Å². The van der Waals surface area contributed by atoms with Crippen molar-refractivity contribution in [2.45, 2.75) is 12.2 Å². The Hall–Kier alpha value is -5.02. The summed E-state index contributed by atoms with van der Waals surface area (Å²) in [5.74, 6) is -0.170. The molecule has 0 saturated carbocycles. The highest BCUT2D eigenvalue weighted by Crippen LogP contribution is 2.34. The van der Waals surface area contributed by atoms with Gasteiger partial charge >= 0.3 is 6.09 Å². The first-order valence-electron chi connectivity index (χ1n) is 12.3. The summed E-state index contributed by atoms with van der Waals surface area (Å²) >= 11 is 2.08. The number of carbonyl (C=O) groups excluding carboxylic acids is 2. The molecule has 0 fully saturated rings. The van der Waals surface area contributed by atoms with Crippen molar-refractivity contribution in [2.24, 2.45) is 0 Å². The molecule has 0 aliphatic carbocycles. The first-order valence-corrected chi connectivity index (χ1v) is 13.4. The molecule has 0 saturated heterocycles. The Morgan fingerprint density at radius 3 is 2.37 bits per heavy atom. The molecule has 0 unspecified atom stereocenters. The lowest BCUT2D eigenvalue weighted by Crippen LogP contribution is -2.30. The Labute approximate surface area is 250 Å². The van der Waals surface area contributed by atoms with Crippen LogP contribution in [0.1, 0.15) is 17.2 Å². The van der Waals surface area contributed by atoms with Gasteiger partial charge in [-0.3, -0.25) is 10.1 Å². The fourth-order valence-corrected chi connectivity index (χ4v) is 4.29. The van der Waals surface area contributed by atoms with Gasteiger partial charge in [0.25, 0.3) is 0 Å². The number of ether oxygens (including phenoxy) is 2. The zero-order chi connectivity index (χ0) is 29.2. The zero-order valence-corrected chi connectivity index (χ0v) is 23.7. The summed E-state index contributed by atoms with van der Waals surface area (Å²) in [4.78, 5) is 25.9. The van der Waals surface area contributed by atoms with E-state index < -0.39 is 24.2 Å². The molecule has 0 bridgehead atoms. The number of nitrogen functional groups attached to an aromatic ring is 1. The Balaban J connectivity index is 1.66. The van der Waals surface area contributed by atoms with Gasteiger partial charge in [0.1, 0.15) is 11.5 Å². The minimum Gasteiger partial charge on any atom is -0.508 e. The van der Waals surface area contributed by atoms with Crippen LogP contribution in [0.5, 0.6) is 11.5 Å². The fraction of sp³-hybridized carbons (Fsp3) is 0.0645. The van der Waals surface area contributed by atoms with Crippen molar-refractivity contribution in [3.05, 3.63) is 124 Å². The van der Waals surface area contributed by atoms with E-state index in [1.807, 2.05) is 12.1 Å². The summed E-state index contributed by atoms with van der Waals surface area (Å²) in [7, 11) is 0. The number of carbonyl (C=O) groups is 2. The molecule has 0 aliphatic heterocycles. The van der Waals surface area contributed by atoms with Gasteiger partial charge in [0.2, 0.25) is 5.91 Å². The molecule has 4 aromatic carbocycles. The van der Waals surface area contributed by atoms with Gasteiger partial charge in [0, 0.05) is 20.9 Å². The number of nitrogens with two attached hydrogens (primary N) is 1. The third-order valence-corrected chi connectivity index (χ3v) is 6.43. The van der Waals surface area contributed by atoms with Crippen molar-refractivity contribution in [1.82, 2.24) is 0 Å². The number of nitrogens with zero attached hydrogens (tertiary/aromatic N) is 1.